The Morgan fingerprint density at radius 2 is 2.05 bits per heavy atom. The Balaban J connectivity index is 1.86. The number of hydrogen-bond donors (Lipinski definition) is 2. The summed E-state index contributed by atoms with van der Waals surface area (Å²) in [5, 5.41) is 3.29. The Morgan fingerprint density at radius 3 is 2.64 bits per heavy atom. The first-order chi connectivity index (χ1) is 10.7. The van der Waals surface area contributed by atoms with Crippen molar-refractivity contribution in [3.8, 4) is 0 Å². The van der Waals surface area contributed by atoms with Crippen molar-refractivity contribution in [1.82, 2.24) is 5.32 Å². The highest BCUT2D eigenvalue weighted by Gasteiger charge is 2.43. The molecule has 2 fully saturated rings. The van der Waals surface area contributed by atoms with Crippen molar-refractivity contribution in [1.29, 1.82) is 0 Å². The molecule has 3 heteroatoms. The number of amides is 1. The number of hydrogen-bond acceptors (Lipinski definition) is 2. The molecule has 3 N–H and O–H groups in total. The highest BCUT2D eigenvalue weighted by molar-refractivity contribution is 5.88. The van der Waals surface area contributed by atoms with Crippen molar-refractivity contribution in [2.24, 2.45) is 11.7 Å². The summed E-state index contributed by atoms with van der Waals surface area (Å²) in [6.07, 6.45) is 7.85. The third kappa shape index (κ3) is 3.05. The molecule has 120 valence electrons. The van der Waals surface area contributed by atoms with E-state index in [1.807, 2.05) is 0 Å². The van der Waals surface area contributed by atoms with Crippen LogP contribution < -0.4 is 11.1 Å². The van der Waals surface area contributed by atoms with Gasteiger partial charge in [-0.2, -0.15) is 0 Å². The van der Waals surface area contributed by atoms with Gasteiger partial charge in [-0.1, -0.05) is 49.1 Å². The molecule has 2 aliphatic rings. The van der Waals surface area contributed by atoms with Crippen LogP contribution in [0.1, 0.15) is 56.1 Å². The first-order valence-electron chi connectivity index (χ1n) is 8.74. The minimum atomic E-state index is -0.341. The number of carbonyl (C=O) groups excluding carboxylic acids is 1. The highest BCUT2D eigenvalue weighted by Crippen LogP contribution is 2.41. The molecule has 0 bridgehead atoms. The molecule has 0 aromatic heterocycles. The second-order valence-electron chi connectivity index (χ2n) is 7.17. The Labute approximate surface area is 133 Å². The maximum Gasteiger partial charge on any atom is 0.230 e. The number of nitrogens with one attached hydrogen (secondary N) is 1. The summed E-state index contributed by atoms with van der Waals surface area (Å²) in [5.41, 5.74) is 7.96. The minimum absolute atomic E-state index is 0.163. The van der Waals surface area contributed by atoms with E-state index >= 15 is 0 Å². The zero-order valence-electron chi connectivity index (χ0n) is 13.6. The van der Waals surface area contributed by atoms with Gasteiger partial charge in [0.25, 0.3) is 0 Å². The molecule has 1 atom stereocenters. The Kier molecular flexibility index (Phi) is 4.53. The first-order valence-corrected chi connectivity index (χ1v) is 8.74. The fourth-order valence-corrected chi connectivity index (χ4v) is 3.92. The molecular weight excluding hydrogens is 272 g/mol. The van der Waals surface area contributed by atoms with Gasteiger partial charge in [0.05, 0.1) is 5.41 Å². The van der Waals surface area contributed by atoms with Gasteiger partial charge >= 0.3 is 0 Å². The van der Waals surface area contributed by atoms with Gasteiger partial charge in [-0.3, -0.25) is 4.79 Å². The quantitative estimate of drug-likeness (QED) is 0.878. The Hall–Kier alpha value is -1.35. The summed E-state index contributed by atoms with van der Waals surface area (Å²) in [5.74, 6) is 0.812. The zero-order valence-corrected chi connectivity index (χ0v) is 13.6. The van der Waals surface area contributed by atoms with E-state index < -0.39 is 0 Å². The van der Waals surface area contributed by atoms with Crippen molar-refractivity contribution in [3.05, 3.63) is 35.4 Å². The summed E-state index contributed by atoms with van der Waals surface area (Å²) in [6.45, 7) is 2.66. The number of rotatable bonds is 5. The van der Waals surface area contributed by atoms with E-state index in [1.54, 1.807) is 0 Å². The number of nitrogens with two attached hydrogens (primary N) is 1. The van der Waals surface area contributed by atoms with Crippen molar-refractivity contribution in [2.45, 2.75) is 63.3 Å². The van der Waals surface area contributed by atoms with Crippen LogP contribution in [0.4, 0.5) is 0 Å². The summed E-state index contributed by atoms with van der Waals surface area (Å²) in [6, 6.07) is 8.67. The monoisotopic (exact) mass is 300 g/mol. The van der Waals surface area contributed by atoms with Crippen LogP contribution >= 0.6 is 0 Å². The van der Waals surface area contributed by atoms with Gasteiger partial charge in [-0.25, -0.2) is 0 Å². The van der Waals surface area contributed by atoms with Crippen LogP contribution in [0.15, 0.2) is 24.3 Å². The molecule has 1 aromatic carbocycles. The van der Waals surface area contributed by atoms with Crippen molar-refractivity contribution in [2.75, 3.05) is 6.54 Å². The molecule has 1 amide bonds. The average molecular weight is 300 g/mol. The minimum Gasteiger partial charge on any atom is -0.351 e. The van der Waals surface area contributed by atoms with Crippen LogP contribution in [0.3, 0.4) is 0 Å². The zero-order chi connectivity index (χ0) is 15.6. The molecule has 0 aliphatic heterocycles. The van der Waals surface area contributed by atoms with Crippen molar-refractivity contribution >= 4 is 5.91 Å². The maximum absolute atomic E-state index is 13.2. The van der Waals surface area contributed by atoms with Crippen LogP contribution in [0.2, 0.25) is 0 Å². The van der Waals surface area contributed by atoms with Crippen molar-refractivity contribution < 1.29 is 4.79 Å². The molecule has 22 heavy (non-hydrogen) atoms. The topological polar surface area (TPSA) is 55.1 Å². The molecule has 3 rings (SSSR count). The predicted molar refractivity (Wildman–Crippen MR) is 89.7 cm³/mol. The lowest BCUT2D eigenvalue weighted by Crippen LogP contribution is -2.52. The second kappa shape index (κ2) is 6.41. The lowest BCUT2D eigenvalue weighted by molar-refractivity contribution is -0.128. The van der Waals surface area contributed by atoms with E-state index in [9.17, 15) is 4.79 Å². The lowest BCUT2D eigenvalue weighted by Gasteiger charge is -2.37. The van der Waals surface area contributed by atoms with E-state index in [4.69, 9.17) is 5.73 Å². The number of carbonyl (C=O) groups is 1. The predicted octanol–water partition coefficient (Wildman–Crippen LogP) is 3.05. The fraction of sp³-hybridized carbons (Fsp3) is 0.632. The molecular formula is C19H28N2O. The van der Waals surface area contributed by atoms with Gasteiger partial charge in [-0.05, 0) is 44.1 Å². The second-order valence-corrected chi connectivity index (χ2v) is 7.17. The summed E-state index contributed by atoms with van der Waals surface area (Å²) >= 11 is 0. The summed E-state index contributed by atoms with van der Waals surface area (Å²) < 4.78 is 0. The largest absolute Gasteiger partial charge is 0.351 e. The number of benzene rings is 1. The Bertz CT molecular complexity index is 530. The van der Waals surface area contributed by atoms with Crippen LogP contribution in [-0.2, 0) is 10.2 Å². The molecule has 0 heterocycles. The van der Waals surface area contributed by atoms with Gasteiger partial charge < -0.3 is 11.1 Å². The molecule has 1 unspecified atom stereocenters. The van der Waals surface area contributed by atoms with Crippen LogP contribution in [-0.4, -0.2) is 18.5 Å². The third-order valence-electron chi connectivity index (χ3n) is 5.47. The smallest absolute Gasteiger partial charge is 0.230 e. The molecule has 0 radical (unpaired) electrons. The normalized spacial score (nSPS) is 22.1. The van der Waals surface area contributed by atoms with Crippen LogP contribution in [0, 0.1) is 12.8 Å². The molecule has 2 aliphatic carbocycles. The SMILES string of the molecule is Cc1cccc(C2(C(=O)NC(CN)C3CC3)CCCCC2)c1. The van der Waals surface area contributed by atoms with E-state index in [1.165, 1.54) is 30.4 Å². The van der Waals surface area contributed by atoms with Gasteiger partial charge in [-0.15, -0.1) is 0 Å². The summed E-state index contributed by atoms with van der Waals surface area (Å²) in [7, 11) is 0. The van der Waals surface area contributed by atoms with Gasteiger partial charge in [0, 0.05) is 12.6 Å². The molecule has 1 aromatic rings. The summed E-state index contributed by atoms with van der Waals surface area (Å²) in [4.78, 5) is 13.2. The highest BCUT2D eigenvalue weighted by atomic mass is 16.2. The van der Waals surface area contributed by atoms with E-state index in [0.29, 0.717) is 12.5 Å². The van der Waals surface area contributed by atoms with Crippen LogP contribution in [0.25, 0.3) is 0 Å². The third-order valence-corrected chi connectivity index (χ3v) is 5.47. The van der Waals surface area contributed by atoms with Gasteiger partial charge in [0.2, 0.25) is 5.91 Å². The van der Waals surface area contributed by atoms with Gasteiger partial charge in [0.1, 0.15) is 0 Å². The Morgan fingerprint density at radius 1 is 1.32 bits per heavy atom. The molecule has 2 saturated carbocycles. The van der Waals surface area contributed by atoms with Crippen molar-refractivity contribution in [3.63, 3.8) is 0 Å². The lowest BCUT2D eigenvalue weighted by atomic mass is 9.68. The molecule has 0 spiro atoms. The maximum atomic E-state index is 13.2. The van der Waals surface area contributed by atoms with E-state index in [-0.39, 0.29) is 17.4 Å². The van der Waals surface area contributed by atoms with E-state index in [0.717, 1.165) is 25.7 Å². The number of aryl methyl sites for hydroxylation is 1. The average Bonchev–Trinajstić information content (AvgIpc) is 3.38. The van der Waals surface area contributed by atoms with Crippen LogP contribution in [0.5, 0.6) is 0 Å². The fourth-order valence-electron chi connectivity index (χ4n) is 3.92. The molecule has 3 nitrogen and oxygen atoms in total. The standard InChI is InChI=1S/C19H28N2O/c1-14-6-5-7-16(12-14)19(10-3-2-4-11-19)18(22)21-17(13-20)15-8-9-15/h5-7,12,15,17H,2-4,8-11,13,20H2,1H3,(H,21,22). The molecule has 0 saturated heterocycles. The van der Waals surface area contributed by atoms with Gasteiger partial charge in [0.15, 0.2) is 0 Å². The first kappa shape index (κ1) is 15.5. The van der Waals surface area contributed by atoms with E-state index in [2.05, 4.69) is 36.5 Å².